The molecule has 0 saturated carbocycles. The van der Waals surface area contributed by atoms with Gasteiger partial charge in [-0.2, -0.15) is 0 Å². The fraction of sp³-hybridized carbons (Fsp3) is 0.467. The second-order valence-electron chi connectivity index (χ2n) is 4.61. The highest BCUT2D eigenvalue weighted by Gasteiger charge is 2.09. The smallest absolute Gasteiger partial charge is 0.138 e. The molecule has 1 aliphatic rings. The Kier molecular flexibility index (Phi) is 4.94. The van der Waals surface area contributed by atoms with Gasteiger partial charge in [-0.15, -0.1) is 0 Å². The van der Waals surface area contributed by atoms with E-state index < -0.39 is 0 Å². The Hall–Kier alpha value is -1.15. The van der Waals surface area contributed by atoms with E-state index in [0.29, 0.717) is 11.6 Å². The third-order valence-corrected chi connectivity index (χ3v) is 3.50. The maximum atomic E-state index is 6.15. The molecule has 0 radical (unpaired) electrons. The summed E-state index contributed by atoms with van der Waals surface area (Å²) in [6.07, 6.45) is 8.20. The molecule has 0 fully saturated rings. The van der Waals surface area contributed by atoms with E-state index in [1.54, 1.807) is 0 Å². The summed E-state index contributed by atoms with van der Waals surface area (Å²) in [6.45, 7) is 3.61. The Bertz CT molecular complexity index is 417. The van der Waals surface area contributed by atoms with E-state index in [-0.39, 0.29) is 0 Å². The number of nitrogens with one attached hydrogen (secondary N) is 1. The number of benzene rings is 1. The molecule has 3 heteroatoms. The maximum Gasteiger partial charge on any atom is 0.138 e. The summed E-state index contributed by atoms with van der Waals surface area (Å²) in [4.78, 5) is 0. The van der Waals surface area contributed by atoms with Gasteiger partial charge in [-0.05, 0) is 50.3 Å². The lowest BCUT2D eigenvalue weighted by atomic mass is 9.94. The molecule has 0 aromatic heterocycles. The third kappa shape index (κ3) is 3.67. The van der Waals surface area contributed by atoms with Gasteiger partial charge in [0.2, 0.25) is 0 Å². The van der Waals surface area contributed by atoms with E-state index in [0.717, 1.165) is 23.9 Å². The number of ether oxygens (including phenoxy) is 1. The Labute approximate surface area is 114 Å². The predicted octanol–water partition coefficient (Wildman–Crippen LogP) is 4.51. The lowest BCUT2D eigenvalue weighted by Crippen LogP contribution is -2.15. The second-order valence-corrected chi connectivity index (χ2v) is 5.02. The highest BCUT2D eigenvalue weighted by molar-refractivity contribution is 6.32. The molecule has 2 nitrogen and oxygen atoms in total. The van der Waals surface area contributed by atoms with E-state index in [1.807, 2.05) is 25.1 Å². The van der Waals surface area contributed by atoms with Crippen LogP contribution in [0, 0.1) is 5.92 Å². The Balaban J connectivity index is 1.89. The Morgan fingerprint density at radius 2 is 2.28 bits per heavy atom. The number of rotatable bonds is 5. The number of halogens is 1. The van der Waals surface area contributed by atoms with Gasteiger partial charge >= 0.3 is 0 Å². The zero-order valence-electron chi connectivity index (χ0n) is 10.8. The van der Waals surface area contributed by atoms with E-state index in [9.17, 15) is 0 Å². The van der Waals surface area contributed by atoms with Crippen LogP contribution in [0.15, 0.2) is 30.4 Å². The molecule has 98 valence electrons. The monoisotopic (exact) mass is 265 g/mol. The summed E-state index contributed by atoms with van der Waals surface area (Å²) >= 11 is 6.15. The first-order valence-corrected chi connectivity index (χ1v) is 6.98. The van der Waals surface area contributed by atoms with Crippen LogP contribution in [0.25, 0.3) is 0 Å². The molecule has 18 heavy (non-hydrogen) atoms. The summed E-state index contributed by atoms with van der Waals surface area (Å²) in [6, 6.07) is 5.88. The molecule has 1 aliphatic carbocycles. The molecule has 1 atom stereocenters. The first-order valence-electron chi connectivity index (χ1n) is 6.61. The van der Waals surface area contributed by atoms with Crippen molar-refractivity contribution < 1.29 is 4.74 Å². The first-order chi connectivity index (χ1) is 8.79. The van der Waals surface area contributed by atoms with Gasteiger partial charge in [0.25, 0.3) is 0 Å². The normalized spacial score (nSPS) is 18.7. The van der Waals surface area contributed by atoms with Gasteiger partial charge in [0, 0.05) is 12.2 Å². The van der Waals surface area contributed by atoms with Crippen molar-refractivity contribution in [2.45, 2.75) is 26.2 Å². The van der Waals surface area contributed by atoms with E-state index in [2.05, 4.69) is 17.5 Å². The predicted molar refractivity (Wildman–Crippen MR) is 77.6 cm³/mol. The van der Waals surface area contributed by atoms with Gasteiger partial charge < -0.3 is 10.1 Å². The Morgan fingerprint density at radius 1 is 1.39 bits per heavy atom. The van der Waals surface area contributed by atoms with E-state index in [1.165, 1.54) is 19.3 Å². The SMILES string of the molecule is CCOc1ccc(NCC2CC=CCC2)cc1Cl. The lowest BCUT2D eigenvalue weighted by molar-refractivity contribution is 0.340. The number of allylic oxidation sites excluding steroid dienone is 2. The van der Waals surface area contributed by atoms with Crippen LogP contribution in [0.1, 0.15) is 26.2 Å². The summed E-state index contributed by atoms with van der Waals surface area (Å²) in [5.74, 6) is 1.49. The molecule has 1 unspecified atom stereocenters. The van der Waals surface area contributed by atoms with E-state index in [4.69, 9.17) is 16.3 Å². The third-order valence-electron chi connectivity index (χ3n) is 3.20. The second kappa shape index (κ2) is 6.69. The summed E-state index contributed by atoms with van der Waals surface area (Å²) < 4.78 is 5.42. The highest BCUT2D eigenvalue weighted by Crippen LogP contribution is 2.28. The topological polar surface area (TPSA) is 21.3 Å². The molecule has 0 saturated heterocycles. The van der Waals surface area contributed by atoms with Crippen molar-refractivity contribution in [2.75, 3.05) is 18.5 Å². The zero-order chi connectivity index (χ0) is 12.8. The average Bonchev–Trinajstić information content (AvgIpc) is 2.41. The molecular formula is C15H20ClNO. The minimum absolute atomic E-state index is 0.640. The van der Waals surface area contributed by atoms with Crippen LogP contribution in [0.4, 0.5) is 5.69 Å². The number of anilines is 1. The van der Waals surface area contributed by atoms with Gasteiger partial charge in [0.05, 0.1) is 11.6 Å². The van der Waals surface area contributed by atoms with Crippen LogP contribution in [0.5, 0.6) is 5.75 Å². The van der Waals surface area contributed by atoms with Crippen LogP contribution < -0.4 is 10.1 Å². The fourth-order valence-electron chi connectivity index (χ4n) is 2.19. The standard InChI is InChI=1S/C15H20ClNO/c1-2-18-15-9-8-13(10-14(15)16)17-11-12-6-4-3-5-7-12/h3-4,8-10,12,17H,2,5-7,11H2,1H3. The van der Waals surface area contributed by atoms with Crippen molar-refractivity contribution in [3.63, 3.8) is 0 Å². The molecule has 1 aromatic carbocycles. The van der Waals surface area contributed by atoms with Crippen molar-refractivity contribution in [3.8, 4) is 5.75 Å². The highest BCUT2D eigenvalue weighted by atomic mass is 35.5. The van der Waals surface area contributed by atoms with Gasteiger partial charge in [-0.25, -0.2) is 0 Å². The summed E-state index contributed by atoms with van der Waals surface area (Å²) in [5, 5.41) is 4.12. The van der Waals surface area contributed by atoms with Gasteiger partial charge in [0.15, 0.2) is 0 Å². The van der Waals surface area contributed by atoms with Crippen molar-refractivity contribution in [3.05, 3.63) is 35.4 Å². The number of hydrogen-bond donors (Lipinski definition) is 1. The van der Waals surface area contributed by atoms with Gasteiger partial charge in [-0.3, -0.25) is 0 Å². The molecular weight excluding hydrogens is 246 g/mol. The quantitative estimate of drug-likeness (QED) is 0.791. The van der Waals surface area contributed by atoms with Crippen LogP contribution in [-0.4, -0.2) is 13.2 Å². The number of hydrogen-bond acceptors (Lipinski definition) is 2. The first kappa shape index (κ1) is 13.3. The van der Waals surface area contributed by atoms with Crippen LogP contribution in [0.3, 0.4) is 0 Å². The van der Waals surface area contributed by atoms with Crippen LogP contribution >= 0.6 is 11.6 Å². The van der Waals surface area contributed by atoms with E-state index >= 15 is 0 Å². The molecule has 0 amide bonds. The van der Waals surface area contributed by atoms with Crippen LogP contribution in [0.2, 0.25) is 5.02 Å². The molecule has 0 heterocycles. The van der Waals surface area contributed by atoms with Crippen LogP contribution in [-0.2, 0) is 0 Å². The molecule has 1 aromatic rings. The van der Waals surface area contributed by atoms with Gasteiger partial charge in [-0.1, -0.05) is 23.8 Å². The minimum atomic E-state index is 0.640. The zero-order valence-corrected chi connectivity index (χ0v) is 11.5. The van der Waals surface area contributed by atoms with Crippen molar-refractivity contribution in [1.29, 1.82) is 0 Å². The molecule has 0 bridgehead atoms. The largest absolute Gasteiger partial charge is 0.492 e. The summed E-state index contributed by atoms with van der Waals surface area (Å²) in [5.41, 5.74) is 1.07. The average molecular weight is 266 g/mol. The van der Waals surface area contributed by atoms with Crippen molar-refractivity contribution in [2.24, 2.45) is 5.92 Å². The molecule has 1 N–H and O–H groups in total. The summed E-state index contributed by atoms with van der Waals surface area (Å²) in [7, 11) is 0. The Morgan fingerprint density at radius 3 is 2.94 bits per heavy atom. The molecule has 2 rings (SSSR count). The minimum Gasteiger partial charge on any atom is -0.492 e. The molecule has 0 spiro atoms. The lowest BCUT2D eigenvalue weighted by Gasteiger charge is -2.19. The van der Waals surface area contributed by atoms with Gasteiger partial charge in [0.1, 0.15) is 5.75 Å². The fourth-order valence-corrected chi connectivity index (χ4v) is 2.42. The molecule has 0 aliphatic heterocycles. The van der Waals surface area contributed by atoms with Crippen molar-refractivity contribution >= 4 is 17.3 Å². The van der Waals surface area contributed by atoms with Crippen molar-refractivity contribution in [1.82, 2.24) is 0 Å². The maximum absolute atomic E-state index is 6.15.